The number of nitrogens with one attached hydrogen (secondary N) is 1. The van der Waals surface area contributed by atoms with Crippen LogP contribution in [-0.4, -0.2) is 50.6 Å². The molecule has 0 amide bonds. The molecule has 0 bridgehead atoms. The predicted molar refractivity (Wildman–Crippen MR) is 104 cm³/mol. The lowest BCUT2D eigenvalue weighted by molar-refractivity contribution is 0.242. The fraction of sp³-hybridized carbons (Fsp3) is 0.684. The lowest BCUT2D eigenvalue weighted by Crippen LogP contribution is -2.32. The normalized spacial score (nSPS) is 12.7. The molecule has 2 heterocycles. The highest BCUT2D eigenvalue weighted by atomic mass is 16.3. The number of aryl methyl sites for hydroxylation is 1. The van der Waals surface area contributed by atoms with Gasteiger partial charge in [-0.3, -0.25) is 0 Å². The molecule has 0 aliphatic carbocycles. The van der Waals surface area contributed by atoms with Crippen molar-refractivity contribution in [3.8, 4) is 0 Å². The highest BCUT2D eigenvalue weighted by Crippen LogP contribution is 2.15. The number of hydrogen-bond acceptors (Lipinski definition) is 6. The van der Waals surface area contributed by atoms with Crippen molar-refractivity contribution >= 4 is 11.3 Å². The first-order chi connectivity index (χ1) is 12.8. The minimum Gasteiger partial charge on any atom is -0.396 e. The molecule has 1 unspecified atom stereocenters. The Morgan fingerprint density at radius 2 is 1.81 bits per heavy atom. The Balaban J connectivity index is 1.56. The van der Waals surface area contributed by atoms with Crippen molar-refractivity contribution in [2.45, 2.75) is 63.8 Å². The standard InChI is InChI=1S/C19H33N5O2/c20-18-15-23-24-17(9-11-22-19(18)24)8-6-4-2-1-3-5-7-16(10-13-25)21-12-14-26/h9,11,15-16,21,25-26H,1-8,10,12-14,20H2. The number of unbranched alkanes of at least 4 members (excludes halogenated alkanes) is 5. The van der Waals surface area contributed by atoms with Crippen molar-refractivity contribution in [2.75, 3.05) is 25.5 Å². The van der Waals surface area contributed by atoms with Crippen LogP contribution in [0.5, 0.6) is 0 Å². The SMILES string of the molecule is Nc1cnn2c(CCCCCCCCC(CCO)NCCO)ccnc12. The molecule has 5 N–H and O–H groups in total. The lowest BCUT2D eigenvalue weighted by Gasteiger charge is -2.16. The summed E-state index contributed by atoms with van der Waals surface area (Å²) < 4.78 is 1.84. The van der Waals surface area contributed by atoms with E-state index in [1.54, 1.807) is 12.4 Å². The first-order valence-corrected chi connectivity index (χ1v) is 9.78. The van der Waals surface area contributed by atoms with Crippen LogP contribution in [0.1, 0.15) is 57.1 Å². The summed E-state index contributed by atoms with van der Waals surface area (Å²) >= 11 is 0. The van der Waals surface area contributed by atoms with Gasteiger partial charge in [0, 0.05) is 31.1 Å². The second kappa shape index (κ2) is 11.8. The Morgan fingerprint density at radius 1 is 1.04 bits per heavy atom. The zero-order valence-corrected chi connectivity index (χ0v) is 15.6. The fourth-order valence-electron chi connectivity index (χ4n) is 3.32. The molecule has 0 saturated carbocycles. The molecule has 2 aromatic heterocycles. The molecular weight excluding hydrogens is 330 g/mol. The van der Waals surface area contributed by atoms with Crippen LogP contribution in [0.2, 0.25) is 0 Å². The molecule has 2 rings (SSSR count). The zero-order chi connectivity index (χ0) is 18.6. The van der Waals surface area contributed by atoms with Gasteiger partial charge in [0.25, 0.3) is 0 Å². The summed E-state index contributed by atoms with van der Waals surface area (Å²) in [6.45, 7) is 0.957. The molecule has 26 heavy (non-hydrogen) atoms. The van der Waals surface area contributed by atoms with Crippen LogP contribution in [0.3, 0.4) is 0 Å². The molecule has 0 aromatic carbocycles. The first-order valence-electron chi connectivity index (χ1n) is 9.78. The Labute approximate surface area is 155 Å². The molecule has 0 aliphatic heterocycles. The summed E-state index contributed by atoms with van der Waals surface area (Å²) in [5.41, 5.74) is 8.39. The highest BCUT2D eigenvalue weighted by Gasteiger charge is 2.07. The molecule has 146 valence electrons. The molecule has 0 radical (unpaired) electrons. The van der Waals surface area contributed by atoms with E-state index in [2.05, 4.69) is 15.4 Å². The van der Waals surface area contributed by atoms with E-state index in [-0.39, 0.29) is 13.2 Å². The summed E-state index contributed by atoms with van der Waals surface area (Å²) in [5, 5.41) is 25.5. The van der Waals surface area contributed by atoms with E-state index in [1.165, 1.54) is 32.1 Å². The van der Waals surface area contributed by atoms with Crippen molar-refractivity contribution in [1.29, 1.82) is 0 Å². The van der Waals surface area contributed by atoms with Crippen LogP contribution in [0.15, 0.2) is 18.5 Å². The Morgan fingerprint density at radius 3 is 2.58 bits per heavy atom. The van der Waals surface area contributed by atoms with E-state index in [0.717, 1.165) is 37.0 Å². The molecule has 0 spiro atoms. The monoisotopic (exact) mass is 363 g/mol. The van der Waals surface area contributed by atoms with Crippen molar-refractivity contribution in [3.05, 3.63) is 24.2 Å². The van der Waals surface area contributed by atoms with Gasteiger partial charge in [0.2, 0.25) is 0 Å². The predicted octanol–water partition coefficient (Wildman–Crippen LogP) is 1.92. The molecular formula is C19H33N5O2. The first kappa shape index (κ1) is 20.6. The van der Waals surface area contributed by atoms with Crippen LogP contribution >= 0.6 is 0 Å². The third kappa shape index (κ3) is 6.55. The van der Waals surface area contributed by atoms with E-state index in [4.69, 9.17) is 15.9 Å². The number of anilines is 1. The second-order valence-electron chi connectivity index (χ2n) is 6.82. The average molecular weight is 364 g/mol. The van der Waals surface area contributed by atoms with Crippen LogP contribution in [0.4, 0.5) is 5.69 Å². The van der Waals surface area contributed by atoms with Gasteiger partial charge >= 0.3 is 0 Å². The Hall–Kier alpha value is -1.70. The maximum atomic E-state index is 9.08. The largest absolute Gasteiger partial charge is 0.396 e. The smallest absolute Gasteiger partial charge is 0.178 e. The van der Waals surface area contributed by atoms with Gasteiger partial charge in [0.05, 0.1) is 18.5 Å². The van der Waals surface area contributed by atoms with Gasteiger partial charge in [-0.1, -0.05) is 32.1 Å². The van der Waals surface area contributed by atoms with Crippen molar-refractivity contribution < 1.29 is 10.2 Å². The molecule has 0 fully saturated rings. The molecule has 0 saturated heterocycles. The summed E-state index contributed by atoms with van der Waals surface area (Å²) in [6, 6.07) is 2.34. The Bertz CT molecular complexity index is 631. The summed E-state index contributed by atoms with van der Waals surface area (Å²) in [6.07, 6.45) is 13.5. The van der Waals surface area contributed by atoms with Crippen LogP contribution < -0.4 is 11.1 Å². The number of hydrogen-bond donors (Lipinski definition) is 4. The van der Waals surface area contributed by atoms with E-state index in [9.17, 15) is 0 Å². The number of nitrogen functional groups attached to an aromatic ring is 1. The van der Waals surface area contributed by atoms with Crippen LogP contribution in [0, 0.1) is 0 Å². The number of rotatable bonds is 14. The van der Waals surface area contributed by atoms with E-state index in [1.807, 2.05) is 10.6 Å². The van der Waals surface area contributed by atoms with Crippen molar-refractivity contribution in [3.63, 3.8) is 0 Å². The van der Waals surface area contributed by atoms with E-state index >= 15 is 0 Å². The highest BCUT2D eigenvalue weighted by molar-refractivity contribution is 5.63. The van der Waals surface area contributed by atoms with Crippen LogP contribution in [0.25, 0.3) is 5.65 Å². The maximum Gasteiger partial charge on any atom is 0.178 e. The second-order valence-corrected chi connectivity index (χ2v) is 6.82. The van der Waals surface area contributed by atoms with E-state index < -0.39 is 0 Å². The summed E-state index contributed by atoms with van der Waals surface area (Å²) in [4.78, 5) is 4.27. The van der Waals surface area contributed by atoms with E-state index in [0.29, 0.717) is 18.3 Å². The van der Waals surface area contributed by atoms with Gasteiger partial charge in [-0.2, -0.15) is 5.10 Å². The number of aliphatic hydroxyl groups excluding tert-OH is 2. The van der Waals surface area contributed by atoms with Gasteiger partial charge in [-0.15, -0.1) is 0 Å². The number of fused-ring (bicyclic) bond motifs is 1. The van der Waals surface area contributed by atoms with Gasteiger partial charge in [-0.05, 0) is 31.7 Å². The minimum atomic E-state index is 0.150. The maximum absolute atomic E-state index is 9.08. The molecule has 1 atom stereocenters. The van der Waals surface area contributed by atoms with Gasteiger partial charge in [-0.25, -0.2) is 9.50 Å². The van der Waals surface area contributed by atoms with Gasteiger partial charge in [0.15, 0.2) is 5.65 Å². The Kier molecular flexibility index (Phi) is 9.38. The third-order valence-corrected chi connectivity index (χ3v) is 4.76. The molecule has 7 nitrogen and oxygen atoms in total. The molecule has 2 aromatic rings. The number of nitrogens with zero attached hydrogens (tertiary/aromatic N) is 3. The van der Waals surface area contributed by atoms with Crippen molar-refractivity contribution in [1.82, 2.24) is 19.9 Å². The van der Waals surface area contributed by atoms with Crippen molar-refractivity contribution in [2.24, 2.45) is 0 Å². The average Bonchev–Trinajstić information content (AvgIpc) is 3.03. The number of nitrogens with two attached hydrogens (primary N) is 1. The van der Waals surface area contributed by atoms with Gasteiger partial charge in [0.1, 0.15) is 0 Å². The fourth-order valence-corrected chi connectivity index (χ4v) is 3.32. The van der Waals surface area contributed by atoms with Crippen LogP contribution in [-0.2, 0) is 6.42 Å². The quantitative estimate of drug-likeness (QED) is 0.382. The minimum absolute atomic E-state index is 0.150. The third-order valence-electron chi connectivity index (χ3n) is 4.76. The molecule has 7 heteroatoms. The summed E-state index contributed by atoms with van der Waals surface area (Å²) in [7, 11) is 0. The lowest BCUT2D eigenvalue weighted by atomic mass is 10.0. The number of aromatic nitrogens is 3. The number of aliphatic hydroxyl groups is 2. The molecule has 0 aliphatic rings. The summed E-state index contributed by atoms with van der Waals surface area (Å²) in [5.74, 6) is 0. The van der Waals surface area contributed by atoms with Gasteiger partial charge < -0.3 is 21.3 Å². The zero-order valence-electron chi connectivity index (χ0n) is 15.6. The topological polar surface area (TPSA) is 109 Å².